The van der Waals surface area contributed by atoms with Crippen LogP contribution in [0.2, 0.25) is 0 Å². The number of benzene rings is 2. The van der Waals surface area contributed by atoms with E-state index in [0.717, 1.165) is 36.2 Å². The fourth-order valence-corrected chi connectivity index (χ4v) is 4.50. The number of nitrogens with zero attached hydrogens (tertiary/aromatic N) is 2. The zero-order chi connectivity index (χ0) is 21.5. The number of fused-ring (bicyclic) bond motifs is 2. The first-order chi connectivity index (χ1) is 14.9. The van der Waals surface area contributed by atoms with Crippen molar-refractivity contribution in [3.05, 3.63) is 78.0 Å². The molecule has 7 nitrogen and oxygen atoms in total. The van der Waals surface area contributed by atoms with Crippen molar-refractivity contribution < 1.29 is 22.7 Å². The minimum atomic E-state index is -3.35. The van der Waals surface area contributed by atoms with E-state index in [4.69, 9.17) is 14.3 Å². The SMILES string of the molecule is CS(=O)(=O)c1ccc(OC2=NOC3(CCc4cc(Oc5ccccc5)ccc43)C2)cn1. The number of hydrogen-bond acceptors (Lipinski definition) is 7. The second-order valence-corrected chi connectivity index (χ2v) is 9.65. The minimum Gasteiger partial charge on any atom is -0.457 e. The smallest absolute Gasteiger partial charge is 0.235 e. The van der Waals surface area contributed by atoms with E-state index in [2.05, 4.69) is 10.1 Å². The number of ether oxygens (including phenoxy) is 2. The van der Waals surface area contributed by atoms with Crippen LogP contribution in [0.5, 0.6) is 17.2 Å². The first-order valence-corrected chi connectivity index (χ1v) is 11.8. The van der Waals surface area contributed by atoms with E-state index in [1.165, 1.54) is 17.8 Å². The Kier molecular flexibility index (Phi) is 4.66. The third kappa shape index (κ3) is 3.86. The third-order valence-electron chi connectivity index (χ3n) is 5.43. The average molecular weight is 436 g/mol. The molecule has 0 amide bonds. The molecule has 0 fully saturated rings. The topological polar surface area (TPSA) is 87.1 Å². The minimum absolute atomic E-state index is 0.000762. The number of para-hydroxylation sites is 1. The highest BCUT2D eigenvalue weighted by Gasteiger charge is 2.47. The Morgan fingerprint density at radius 2 is 1.77 bits per heavy atom. The van der Waals surface area contributed by atoms with Gasteiger partial charge in [-0.25, -0.2) is 13.4 Å². The Balaban J connectivity index is 1.29. The van der Waals surface area contributed by atoms with E-state index in [0.29, 0.717) is 18.1 Å². The molecule has 1 spiro atoms. The van der Waals surface area contributed by atoms with Crippen LogP contribution in [0.25, 0.3) is 0 Å². The highest BCUT2D eigenvalue weighted by molar-refractivity contribution is 7.90. The molecule has 1 aromatic heterocycles. The maximum Gasteiger partial charge on any atom is 0.235 e. The molecule has 0 N–H and O–H groups in total. The molecule has 8 heteroatoms. The highest BCUT2D eigenvalue weighted by atomic mass is 32.2. The zero-order valence-corrected chi connectivity index (χ0v) is 17.6. The second kappa shape index (κ2) is 7.39. The fourth-order valence-electron chi connectivity index (χ4n) is 3.94. The second-order valence-electron chi connectivity index (χ2n) is 7.69. The monoisotopic (exact) mass is 436 g/mol. The summed E-state index contributed by atoms with van der Waals surface area (Å²) >= 11 is 0. The Morgan fingerprint density at radius 3 is 2.52 bits per heavy atom. The Hall–Kier alpha value is -3.39. The van der Waals surface area contributed by atoms with E-state index in [9.17, 15) is 8.42 Å². The molecular formula is C23H20N2O5S. The average Bonchev–Trinajstić information content (AvgIpc) is 3.32. The Morgan fingerprint density at radius 1 is 0.968 bits per heavy atom. The normalized spacial score (nSPS) is 19.6. The highest BCUT2D eigenvalue weighted by Crippen LogP contribution is 2.47. The fraction of sp³-hybridized carbons (Fsp3) is 0.217. The van der Waals surface area contributed by atoms with Gasteiger partial charge in [0.15, 0.2) is 20.5 Å². The van der Waals surface area contributed by atoms with Crippen LogP contribution in [0.1, 0.15) is 24.0 Å². The molecular weight excluding hydrogens is 416 g/mol. The van der Waals surface area contributed by atoms with Gasteiger partial charge in [-0.2, -0.15) is 0 Å². The number of sulfone groups is 1. The first-order valence-electron chi connectivity index (χ1n) is 9.87. The van der Waals surface area contributed by atoms with Gasteiger partial charge in [0.2, 0.25) is 5.90 Å². The van der Waals surface area contributed by atoms with Gasteiger partial charge in [0.05, 0.1) is 12.6 Å². The van der Waals surface area contributed by atoms with Gasteiger partial charge in [-0.05, 0) is 54.8 Å². The van der Waals surface area contributed by atoms with Gasteiger partial charge in [-0.3, -0.25) is 0 Å². The Bertz CT molecular complexity index is 1260. The molecule has 0 radical (unpaired) electrons. The van der Waals surface area contributed by atoms with Gasteiger partial charge in [0.1, 0.15) is 17.2 Å². The van der Waals surface area contributed by atoms with Crippen LogP contribution in [0.3, 0.4) is 0 Å². The largest absolute Gasteiger partial charge is 0.457 e. The molecule has 0 saturated carbocycles. The molecule has 1 aliphatic heterocycles. The molecule has 3 aromatic rings. The van der Waals surface area contributed by atoms with Crippen LogP contribution < -0.4 is 9.47 Å². The van der Waals surface area contributed by atoms with Crippen LogP contribution in [-0.2, 0) is 26.7 Å². The summed E-state index contributed by atoms with van der Waals surface area (Å²) in [7, 11) is -3.35. The molecule has 0 bridgehead atoms. The van der Waals surface area contributed by atoms with Gasteiger partial charge >= 0.3 is 0 Å². The summed E-state index contributed by atoms with van der Waals surface area (Å²) in [5.74, 6) is 2.43. The van der Waals surface area contributed by atoms with Crippen molar-refractivity contribution in [2.45, 2.75) is 29.9 Å². The lowest BCUT2D eigenvalue weighted by molar-refractivity contribution is -0.0215. The van der Waals surface area contributed by atoms with Crippen molar-refractivity contribution in [2.24, 2.45) is 5.16 Å². The molecule has 2 aromatic carbocycles. The van der Waals surface area contributed by atoms with Gasteiger partial charge in [0.25, 0.3) is 0 Å². The van der Waals surface area contributed by atoms with Gasteiger partial charge in [-0.1, -0.05) is 29.4 Å². The molecule has 1 atom stereocenters. The van der Waals surface area contributed by atoms with Crippen molar-refractivity contribution in [3.8, 4) is 17.2 Å². The molecule has 31 heavy (non-hydrogen) atoms. The quantitative estimate of drug-likeness (QED) is 0.608. The third-order valence-corrected chi connectivity index (χ3v) is 6.43. The van der Waals surface area contributed by atoms with Gasteiger partial charge in [-0.15, -0.1) is 0 Å². The summed E-state index contributed by atoms with van der Waals surface area (Å²) in [6.45, 7) is 0. The number of hydrogen-bond donors (Lipinski definition) is 0. The van der Waals surface area contributed by atoms with Crippen LogP contribution in [0.4, 0.5) is 0 Å². The van der Waals surface area contributed by atoms with E-state index >= 15 is 0 Å². The number of aryl methyl sites for hydroxylation is 1. The first kappa shape index (κ1) is 19.6. The van der Waals surface area contributed by atoms with Crippen molar-refractivity contribution >= 4 is 15.7 Å². The van der Waals surface area contributed by atoms with E-state index in [1.54, 1.807) is 6.07 Å². The van der Waals surface area contributed by atoms with Crippen molar-refractivity contribution in [2.75, 3.05) is 6.26 Å². The predicted molar refractivity (Wildman–Crippen MR) is 114 cm³/mol. The summed E-state index contributed by atoms with van der Waals surface area (Å²) in [6.07, 6.45) is 4.63. The maximum atomic E-state index is 11.5. The summed E-state index contributed by atoms with van der Waals surface area (Å²) in [5.41, 5.74) is 1.71. The molecule has 1 aliphatic carbocycles. The van der Waals surface area contributed by atoms with Gasteiger partial charge in [0, 0.05) is 11.8 Å². The molecule has 1 unspecified atom stereocenters. The van der Waals surface area contributed by atoms with Crippen LogP contribution in [-0.4, -0.2) is 25.6 Å². The summed E-state index contributed by atoms with van der Waals surface area (Å²) < 4.78 is 34.8. The van der Waals surface area contributed by atoms with Gasteiger partial charge < -0.3 is 14.3 Å². The summed E-state index contributed by atoms with van der Waals surface area (Å²) in [5, 5.41) is 4.14. The zero-order valence-electron chi connectivity index (χ0n) is 16.8. The van der Waals surface area contributed by atoms with E-state index in [-0.39, 0.29) is 5.03 Å². The number of rotatable bonds is 4. The molecule has 5 rings (SSSR count). The molecule has 2 heterocycles. The molecule has 158 valence electrons. The number of aromatic nitrogens is 1. The summed E-state index contributed by atoms with van der Waals surface area (Å²) in [6, 6.07) is 18.7. The van der Waals surface area contributed by atoms with Crippen LogP contribution in [0, 0.1) is 0 Å². The lowest BCUT2D eigenvalue weighted by atomic mass is 9.92. The predicted octanol–water partition coefficient (Wildman–Crippen LogP) is 4.23. The van der Waals surface area contributed by atoms with E-state index < -0.39 is 15.4 Å². The molecule has 2 aliphatic rings. The van der Waals surface area contributed by atoms with Crippen molar-refractivity contribution in [3.63, 3.8) is 0 Å². The molecule has 0 saturated heterocycles. The van der Waals surface area contributed by atoms with Crippen LogP contribution in [0.15, 0.2) is 77.0 Å². The lowest BCUT2D eigenvalue weighted by Gasteiger charge is -2.21. The van der Waals surface area contributed by atoms with Crippen molar-refractivity contribution in [1.82, 2.24) is 4.98 Å². The number of pyridine rings is 1. The lowest BCUT2D eigenvalue weighted by Crippen LogP contribution is -2.24. The Labute approximate surface area is 180 Å². The standard InChI is InChI=1S/C23H20N2O5S/c1-31(26,27)22-10-8-19(15-24-22)29-21-14-23(30-25-21)12-11-16-13-18(7-9-20(16)23)28-17-5-3-2-4-6-17/h2-10,13,15H,11-12,14H2,1H3. The van der Waals surface area contributed by atoms with Crippen molar-refractivity contribution in [1.29, 1.82) is 0 Å². The van der Waals surface area contributed by atoms with Crippen LogP contribution >= 0.6 is 0 Å². The number of oxime groups is 1. The maximum absolute atomic E-state index is 11.5. The summed E-state index contributed by atoms with van der Waals surface area (Å²) in [4.78, 5) is 9.79. The van der Waals surface area contributed by atoms with E-state index in [1.807, 2.05) is 48.5 Å².